The van der Waals surface area contributed by atoms with E-state index in [9.17, 15) is 0 Å². The Morgan fingerprint density at radius 3 is 2.16 bits per heavy atom. The van der Waals surface area contributed by atoms with Crippen molar-refractivity contribution in [3.63, 3.8) is 0 Å². The minimum atomic E-state index is 0. The van der Waals surface area contributed by atoms with Crippen molar-refractivity contribution in [2.45, 2.75) is 0 Å². The standard InChI is InChI=1S/C39H26N5.Pt/c1-41-26-42(37-21-10-9-20-36(37)41)28-14-11-15-29(24-28)43-35-19-8-6-16-31(35)32-23-22-30(25-38(32)43)44-39(27-12-3-2-4-13-27)33-17-5-7-18-34(33)40-44;/h2-23,26H,1H3;/q-3;. The summed E-state index contributed by atoms with van der Waals surface area (Å²) in [5.74, 6) is 0. The van der Waals surface area contributed by atoms with Gasteiger partial charge in [0.1, 0.15) is 0 Å². The second-order valence-electron chi connectivity index (χ2n) is 11.1. The van der Waals surface area contributed by atoms with Crippen LogP contribution in [0.15, 0.2) is 133 Å². The molecule has 9 rings (SSSR count). The molecule has 0 aliphatic carbocycles. The number of hydrogen-bond acceptors (Lipinski definition) is 3. The number of hydrogen-bond donors (Lipinski definition) is 0. The summed E-state index contributed by atoms with van der Waals surface area (Å²) in [4.78, 5) is 4.35. The Balaban J connectivity index is 0.00000300. The van der Waals surface area contributed by atoms with Gasteiger partial charge in [-0.05, 0) is 42.4 Å². The number of nitrogens with zero attached hydrogens (tertiary/aromatic N) is 5. The van der Waals surface area contributed by atoms with Crippen LogP contribution in [-0.4, -0.2) is 21.4 Å². The molecule has 45 heavy (non-hydrogen) atoms. The third-order valence-electron chi connectivity index (χ3n) is 8.50. The molecule has 5 nitrogen and oxygen atoms in total. The number of para-hydroxylation sites is 3. The maximum absolute atomic E-state index is 5.07. The number of fused-ring (bicyclic) bond motifs is 5. The van der Waals surface area contributed by atoms with Crippen molar-refractivity contribution in [2.24, 2.45) is 0 Å². The van der Waals surface area contributed by atoms with Crippen molar-refractivity contribution in [2.75, 3.05) is 16.8 Å². The summed E-state index contributed by atoms with van der Waals surface area (Å²) < 4.78 is 4.31. The fourth-order valence-electron chi connectivity index (χ4n) is 6.51. The van der Waals surface area contributed by atoms with E-state index in [0.29, 0.717) is 0 Å². The molecule has 0 bridgehead atoms. The van der Waals surface area contributed by atoms with E-state index in [1.165, 1.54) is 11.1 Å². The van der Waals surface area contributed by atoms with Crippen LogP contribution in [0.1, 0.15) is 0 Å². The van der Waals surface area contributed by atoms with E-state index < -0.39 is 0 Å². The molecular formula is C39H26N5Pt-3. The smallest absolute Gasteiger partial charge is 0.0933 e. The largest absolute Gasteiger partial charge is 0.504 e. The van der Waals surface area contributed by atoms with Gasteiger partial charge < -0.3 is 14.4 Å². The van der Waals surface area contributed by atoms with Gasteiger partial charge in [0.2, 0.25) is 0 Å². The van der Waals surface area contributed by atoms with Crippen molar-refractivity contribution in [3.8, 4) is 22.6 Å². The van der Waals surface area contributed by atoms with Gasteiger partial charge in [-0.25, -0.2) is 0 Å². The molecule has 0 fully saturated rings. The van der Waals surface area contributed by atoms with Crippen LogP contribution in [0, 0.1) is 18.8 Å². The Kier molecular flexibility index (Phi) is 6.58. The molecule has 220 valence electrons. The zero-order valence-electron chi connectivity index (χ0n) is 24.3. The predicted molar refractivity (Wildman–Crippen MR) is 180 cm³/mol. The summed E-state index contributed by atoms with van der Waals surface area (Å²) in [7, 11) is 2.08. The van der Waals surface area contributed by atoms with Crippen LogP contribution in [-0.2, 0) is 21.1 Å². The van der Waals surface area contributed by atoms with Gasteiger partial charge in [-0.2, -0.15) is 23.9 Å². The summed E-state index contributed by atoms with van der Waals surface area (Å²) in [6.07, 6.45) is 0. The van der Waals surface area contributed by atoms with Crippen LogP contribution < -0.4 is 9.80 Å². The number of anilines is 3. The van der Waals surface area contributed by atoms with E-state index in [-0.39, 0.29) is 21.1 Å². The van der Waals surface area contributed by atoms with Crippen LogP contribution in [0.2, 0.25) is 0 Å². The summed E-state index contributed by atoms with van der Waals surface area (Å²) in [5, 5.41) is 8.50. The molecule has 0 atom stereocenters. The van der Waals surface area contributed by atoms with Gasteiger partial charge in [0.15, 0.2) is 0 Å². The Bertz CT molecular complexity index is 2350. The van der Waals surface area contributed by atoms with Crippen LogP contribution in [0.5, 0.6) is 0 Å². The Labute approximate surface area is 275 Å². The normalized spacial score (nSPS) is 12.6. The Morgan fingerprint density at radius 2 is 1.29 bits per heavy atom. The molecule has 0 N–H and O–H groups in total. The summed E-state index contributed by atoms with van der Waals surface area (Å²) in [5.41, 5.74) is 10.3. The van der Waals surface area contributed by atoms with Crippen molar-refractivity contribution in [1.82, 2.24) is 14.3 Å². The molecule has 8 aromatic rings. The van der Waals surface area contributed by atoms with Crippen molar-refractivity contribution in [1.29, 1.82) is 0 Å². The van der Waals surface area contributed by atoms with Crippen molar-refractivity contribution in [3.05, 3.63) is 152 Å². The zero-order valence-corrected chi connectivity index (χ0v) is 26.6. The third-order valence-corrected chi connectivity index (χ3v) is 8.50. The van der Waals surface area contributed by atoms with E-state index >= 15 is 0 Å². The topological polar surface area (TPSA) is 29.2 Å². The van der Waals surface area contributed by atoms with Crippen molar-refractivity contribution >= 4 is 49.8 Å². The van der Waals surface area contributed by atoms with Gasteiger partial charge in [0.05, 0.1) is 11.2 Å². The minimum absolute atomic E-state index is 0. The minimum Gasteiger partial charge on any atom is -0.504 e. The molecule has 0 saturated heterocycles. The van der Waals surface area contributed by atoms with E-state index in [0.717, 1.165) is 61.3 Å². The quantitative estimate of drug-likeness (QED) is 0.168. The van der Waals surface area contributed by atoms with Gasteiger partial charge in [-0.15, -0.1) is 41.4 Å². The summed E-state index contributed by atoms with van der Waals surface area (Å²) in [6, 6.07) is 54.0. The molecule has 0 spiro atoms. The number of aromatic nitrogens is 3. The second kappa shape index (κ2) is 10.8. The van der Waals surface area contributed by atoms with E-state index in [1.807, 2.05) is 16.8 Å². The molecule has 6 heteroatoms. The third kappa shape index (κ3) is 4.30. The fourth-order valence-corrected chi connectivity index (χ4v) is 6.51. The zero-order chi connectivity index (χ0) is 29.2. The Morgan fingerprint density at radius 1 is 0.578 bits per heavy atom. The van der Waals surface area contributed by atoms with Gasteiger partial charge in [0.25, 0.3) is 0 Å². The molecule has 1 aliphatic heterocycles. The maximum atomic E-state index is 5.07. The van der Waals surface area contributed by atoms with E-state index in [2.05, 4.69) is 162 Å². The SMILES string of the molecule is CN1[CH-]N(c2[c-]c(-n3c4[c-]c(-n5nc6ccccc6c5-c5ccccc5)ccc4c4ccccc43)ccc2)c2ccccc21.[Pt]. The predicted octanol–water partition coefficient (Wildman–Crippen LogP) is 9.09. The first-order valence-corrected chi connectivity index (χ1v) is 14.7. The monoisotopic (exact) mass is 759 g/mol. The van der Waals surface area contributed by atoms with Crippen molar-refractivity contribution < 1.29 is 21.1 Å². The average Bonchev–Trinajstić information content (AvgIpc) is 3.74. The number of benzene rings is 6. The first-order valence-electron chi connectivity index (χ1n) is 14.7. The molecule has 0 amide bonds. The second-order valence-corrected chi connectivity index (χ2v) is 11.1. The first-order chi connectivity index (χ1) is 21.7. The average molecular weight is 760 g/mol. The number of rotatable bonds is 4. The fraction of sp³-hybridized carbons (Fsp3) is 0.0256. The molecule has 6 aromatic carbocycles. The van der Waals surface area contributed by atoms with Gasteiger partial charge in [0, 0.05) is 48.9 Å². The molecule has 0 unspecified atom stereocenters. The molecule has 1 aliphatic rings. The molecule has 2 aromatic heterocycles. The van der Waals surface area contributed by atoms with Gasteiger partial charge in [-0.3, -0.25) is 4.68 Å². The molecule has 0 radical (unpaired) electrons. The molecular weight excluding hydrogens is 734 g/mol. The molecule has 3 heterocycles. The van der Waals surface area contributed by atoms with Gasteiger partial charge in [-0.1, -0.05) is 90.1 Å². The van der Waals surface area contributed by atoms with E-state index in [4.69, 9.17) is 5.10 Å². The molecule has 0 saturated carbocycles. The first kappa shape index (κ1) is 27.4. The van der Waals surface area contributed by atoms with Crippen LogP contribution in [0.25, 0.3) is 55.3 Å². The maximum Gasteiger partial charge on any atom is 0.0933 e. The van der Waals surface area contributed by atoms with Crippen LogP contribution >= 0.6 is 0 Å². The summed E-state index contributed by atoms with van der Waals surface area (Å²) >= 11 is 0. The summed E-state index contributed by atoms with van der Waals surface area (Å²) in [6.45, 7) is 2.11. The Hall–Kier alpha value is -5.12. The van der Waals surface area contributed by atoms with Crippen LogP contribution in [0.3, 0.4) is 0 Å². The van der Waals surface area contributed by atoms with Crippen LogP contribution in [0.4, 0.5) is 17.1 Å². The van der Waals surface area contributed by atoms with Gasteiger partial charge >= 0.3 is 0 Å². The van der Waals surface area contributed by atoms with E-state index in [1.54, 1.807) is 0 Å².